The van der Waals surface area contributed by atoms with Gasteiger partial charge in [0.05, 0.1) is 0 Å². The number of aliphatic carboxylic acids is 1. The lowest BCUT2D eigenvalue weighted by atomic mass is 9.96. The molecular weight excluding hydrogens is 288 g/mol. The van der Waals surface area contributed by atoms with Crippen LogP contribution in [0.15, 0.2) is 0 Å². The summed E-state index contributed by atoms with van der Waals surface area (Å²) >= 11 is 0. The zero-order valence-electron chi connectivity index (χ0n) is 14.1. The van der Waals surface area contributed by atoms with Crippen LogP contribution in [0.2, 0.25) is 0 Å². The number of rotatable bonds is 8. The number of ether oxygens (including phenoxy) is 1. The minimum atomic E-state index is -1.19. The molecule has 7 nitrogen and oxygen atoms in total. The van der Waals surface area contributed by atoms with Crippen LogP contribution in [-0.4, -0.2) is 41.3 Å². The van der Waals surface area contributed by atoms with Gasteiger partial charge in [-0.1, -0.05) is 13.8 Å². The third-order valence-corrected chi connectivity index (χ3v) is 2.92. The van der Waals surface area contributed by atoms with Crippen molar-refractivity contribution in [2.24, 2.45) is 5.92 Å². The molecule has 0 aliphatic carbocycles. The molecule has 0 aromatic rings. The van der Waals surface area contributed by atoms with Gasteiger partial charge in [-0.15, -0.1) is 0 Å². The Morgan fingerprint density at radius 1 is 1.18 bits per heavy atom. The van der Waals surface area contributed by atoms with E-state index in [1.54, 1.807) is 20.8 Å². The second kappa shape index (κ2) is 9.27. The fourth-order valence-electron chi connectivity index (χ4n) is 1.81. The highest BCUT2D eigenvalue weighted by Gasteiger charge is 2.29. The molecule has 0 aliphatic rings. The van der Waals surface area contributed by atoms with Gasteiger partial charge in [0.2, 0.25) is 5.91 Å². The first kappa shape index (κ1) is 20.2. The number of carbonyl (C=O) groups excluding carboxylic acids is 2. The zero-order valence-corrected chi connectivity index (χ0v) is 14.1. The Hall–Kier alpha value is -1.79. The SMILES string of the molecule is CCCNC(=O)[C@@H](CC)CC(NC(=O)OC(C)(C)C)C(=O)O. The molecule has 1 unspecified atom stereocenters. The van der Waals surface area contributed by atoms with Gasteiger partial charge in [-0.05, 0) is 40.0 Å². The number of hydrogen-bond acceptors (Lipinski definition) is 4. The van der Waals surface area contributed by atoms with Crippen molar-refractivity contribution in [1.29, 1.82) is 0 Å². The predicted octanol–water partition coefficient (Wildman–Crippen LogP) is 1.91. The number of carboxylic acids is 1. The average Bonchev–Trinajstić information content (AvgIpc) is 2.38. The lowest BCUT2D eigenvalue weighted by Gasteiger charge is -2.23. The Morgan fingerprint density at radius 3 is 2.18 bits per heavy atom. The molecular formula is C15H28N2O5. The number of carbonyl (C=O) groups is 3. The van der Waals surface area contributed by atoms with Crippen molar-refractivity contribution in [3.63, 3.8) is 0 Å². The molecule has 0 aliphatic heterocycles. The molecule has 0 aromatic carbocycles. The molecule has 2 atom stereocenters. The molecule has 0 radical (unpaired) electrons. The molecule has 7 heteroatoms. The van der Waals surface area contributed by atoms with E-state index in [9.17, 15) is 19.5 Å². The summed E-state index contributed by atoms with van der Waals surface area (Å²) in [5.41, 5.74) is -0.713. The van der Waals surface area contributed by atoms with E-state index in [-0.39, 0.29) is 12.3 Å². The highest BCUT2D eigenvalue weighted by atomic mass is 16.6. The van der Waals surface area contributed by atoms with E-state index in [0.29, 0.717) is 13.0 Å². The van der Waals surface area contributed by atoms with E-state index >= 15 is 0 Å². The molecule has 22 heavy (non-hydrogen) atoms. The topological polar surface area (TPSA) is 105 Å². The molecule has 0 fully saturated rings. The summed E-state index contributed by atoms with van der Waals surface area (Å²) in [7, 11) is 0. The molecule has 0 saturated heterocycles. The molecule has 128 valence electrons. The van der Waals surface area contributed by atoms with Crippen LogP contribution in [0.5, 0.6) is 0 Å². The molecule has 0 heterocycles. The van der Waals surface area contributed by atoms with Gasteiger partial charge in [0.15, 0.2) is 0 Å². The molecule has 0 rings (SSSR count). The first-order valence-electron chi connectivity index (χ1n) is 7.60. The molecule has 3 N–H and O–H groups in total. The van der Waals surface area contributed by atoms with Crippen molar-refractivity contribution in [3.05, 3.63) is 0 Å². The highest BCUT2D eigenvalue weighted by Crippen LogP contribution is 2.13. The van der Waals surface area contributed by atoms with Crippen LogP contribution in [0.1, 0.15) is 53.9 Å². The number of nitrogens with one attached hydrogen (secondary N) is 2. The maximum Gasteiger partial charge on any atom is 0.408 e. The Bertz CT molecular complexity index is 390. The third-order valence-electron chi connectivity index (χ3n) is 2.92. The zero-order chi connectivity index (χ0) is 17.3. The van der Waals surface area contributed by atoms with Crippen molar-refractivity contribution < 1.29 is 24.2 Å². The number of hydrogen-bond donors (Lipinski definition) is 3. The van der Waals surface area contributed by atoms with Crippen LogP contribution in [-0.2, 0) is 14.3 Å². The summed E-state index contributed by atoms with van der Waals surface area (Å²) in [6.45, 7) is 9.36. The van der Waals surface area contributed by atoms with E-state index in [1.807, 2.05) is 13.8 Å². The monoisotopic (exact) mass is 316 g/mol. The smallest absolute Gasteiger partial charge is 0.408 e. The van der Waals surface area contributed by atoms with Gasteiger partial charge in [-0.25, -0.2) is 9.59 Å². The van der Waals surface area contributed by atoms with Gasteiger partial charge in [-0.3, -0.25) is 4.79 Å². The summed E-state index contributed by atoms with van der Waals surface area (Å²) in [4.78, 5) is 34.9. The van der Waals surface area contributed by atoms with Crippen LogP contribution in [0.3, 0.4) is 0 Å². The first-order chi connectivity index (χ1) is 10.1. The first-order valence-corrected chi connectivity index (χ1v) is 7.60. The summed E-state index contributed by atoms with van der Waals surface area (Å²) in [6, 6.07) is -1.16. The molecule has 2 amide bonds. The Balaban J connectivity index is 4.71. The van der Waals surface area contributed by atoms with E-state index in [4.69, 9.17) is 4.74 Å². The highest BCUT2D eigenvalue weighted by molar-refractivity contribution is 5.83. The van der Waals surface area contributed by atoms with Crippen molar-refractivity contribution >= 4 is 18.0 Å². The van der Waals surface area contributed by atoms with Crippen LogP contribution >= 0.6 is 0 Å². The van der Waals surface area contributed by atoms with E-state index in [2.05, 4.69) is 10.6 Å². The van der Waals surface area contributed by atoms with Crippen LogP contribution in [0.25, 0.3) is 0 Å². The van der Waals surface area contributed by atoms with E-state index in [0.717, 1.165) is 6.42 Å². The molecule has 0 saturated carbocycles. The molecule has 0 aromatic heterocycles. The maximum absolute atomic E-state index is 12.0. The van der Waals surface area contributed by atoms with Gasteiger partial charge in [-0.2, -0.15) is 0 Å². The summed E-state index contributed by atoms with van der Waals surface area (Å²) < 4.78 is 5.05. The van der Waals surface area contributed by atoms with Gasteiger partial charge >= 0.3 is 12.1 Å². The molecule has 0 bridgehead atoms. The fraction of sp³-hybridized carbons (Fsp3) is 0.800. The maximum atomic E-state index is 12.0. The summed E-state index contributed by atoms with van der Waals surface area (Å²) in [6.07, 6.45) is 0.528. The quantitative estimate of drug-likeness (QED) is 0.634. The Kier molecular flexibility index (Phi) is 8.52. The Morgan fingerprint density at radius 2 is 1.77 bits per heavy atom. The van der Waals surface area contributed by atoms with Crippen LogP contribution in [0, 0.1) is 5.92 Å². The fourth-order valence-corrected chi connectivity index (χ4v) is 1.81. The average molecular weight is 316 g/mol. The largest absolute Gasteiger partial charge is 0.480 e. The molecule has 0 spiro atoms. The second-order valence-electron chi connectivity index (χ2n) is 6.17. The van der Waals surface area contributed by atoms with Crippen molar-refractivity contribution in [3.8, 4) is 0 Å². The number of amides is 2. The second-order valence-corrected chi connectivity index (χ2v) is 6.17. The minimum Gasteiger partial charge on any atom is -0.480 e. The van der Waals surface area contributed by atoms with Crippen molar-refractivity contribution in [1.82, 2.24) is 10.6 Å². The summed E-state index contributed by atoms with van der Waals surface area (Å²) in [5, 5.41) is 14.3. The van der Waals surface area contributed by atoms with Crippen LogP contribution in [0.4, 0.5) is 4.79 Å². The minimum absolute atomic E-state index is 0.0284. The lowest BCUT2D eigenvalue weighted by Crippen LogP contribution is -2.46. The number of alkyl carbamates (subject to hydrolysis) is 1. The predicted molar refractivity (Wildman–Crippen MR) is 82.5 cm³/mol. The van der Waals surface area contributed by atoms with Gasteiger partial charge < -0.3 is 20.5 Å². The van der Waals surface area contributed by atoms with Crippen molar-refractivity contribution in [2.75, 3.05) is 6.54 Å². The van der Waals surface area contributed by atoms with E-state index < -0.39 is 29.6 Å². The normalized spacial score (nSPS) is 13.9. The van der Waals surface area contributed by atoms with E-state index in [1.165, 1.54) is 0 Å². The Labute approximate surface area is 131 Å². The van der Waals surface area contributed by atoms with Crippen molar-refractivity contribution in [2.45, 2.75) is 65.5 Å². The van der Waals surface area contributed by atoms with Gasteiger partial charge in [0.1, 0.15) is 11.6 Å². The standard InChI is InChI=1S/C15H28N2O5/c1-6-8-16-12(18)10(7-2)9-11(13(19)20)17-14(21)22-15(3,4)5/h10-11H,6-9H2,1-5H3,(H,16,18)(H,17,21)(H,19,20)/t10-,11?/m0/s1. The number of carboxylic acid groups (broad SMARTS) is 1. The van der Waals surface area contributed by atoms with Crippen LogP contribution < -0.4 is 10.6 Å². The van der Waals surface area contributed by atoms with Gasteiger partial charge in [0.25, 0.3) is 0 Å². The summed E-state index contributed by atoms with van der Waals surface area (Å²) in [5.74, 6) is -1.85. The van der Waals surface area contributed by atoms with Gasteiger partial charge in [0, 0.05) is 12.5 Å². The third kappa shape index (κ3) is 8.49. The lowest BCUT2D eigenvalue weighted by molar-refractivity contribution is -0.140.